The van der Waals surface area contributed by atoms with Crippen molar-refractivity contribution in [3.8, 4) is 11.5 Å². The fourth-order valence-corrected chi connectivity index (χ4v) is 6.15. The summed E-state index contributed by atoms with van der Waals surface area (Å²) in [5.74, 6) is 1.65. The monoisotopic (exact) mass is 590 g/mol. The molecule has 1 aliphatic heterocycles. The number of carbonyl (C=O) groups excluding carboxylic acids is 1. The number of ether oxygens (including phenoxy) is 2. The van der Waals surface area contributed by atoms with Crippen molar-refractivity contribution in [2.75, 3.05) is 39.6 Å². The Hall–Kier alpha value is -2.52. The molecular weight excluding hydrogens is 551 g/mol. The maximum atomic E-state index is 13.3. The Labute approximate surface area is 246 Å². The zero-order chi connectivity index (χ0) is 28.6. The Kier molecular flexibility index (Phi) is 11.0. The molecular formula is C30H40Cl2N4O4. The lowest BCUT2D eigenvalue weighted by molar-refractivity contribution is -0.139. The molecule has 0 saturated heterocycles. The third kappa shape index (κ3) is 7.21. The van der Waals surface area contributed by atoms with Gasteiger partial charge in [0.15, 0.2) is 11.5 Å². The first kappa shape index (κ1) is 30.4. The van der Waals surface area contributed by atoms with Gasteiger partial charge in [0, 0.05) is 30.5 Å². The average Bonchev–Trinajstić information content (AvgIpc) is 2.97. The number of nitrogens with one attached hydrogen (secondary N) is 1. The van der Waals surface area contributed by atoms with E-state index in [-0.39, 0.29) is 17.7 Å². The quantitative estimate of drug-likeness (QED) is 0.200. The van der Waals surface area contributed by atoms with E-state index in [2.05, 4.69) is 5.32 Å². The van der Waals surface area contributed by atoms with E-state index in [1.165, 1.54) is 0 Å². The van der Waals surface area contributed by atoms with Gasteiger partial charge in [-0.25, -0.2) is 5.01 Å². The van der Waals surface area contributed by atoms with E-state index < -0.39 is 6.10 Å². The minimum absolute atomic E-state index is 0.00390. The zero-order valence-corrected chi connectivity index (χ0v) is 24.8. The van der Waals surface area contributed by atoms with Crippen LogP contribution in [0.15, 0.2) is 35.4 Å². The molecule has 1 heterocycles. The highest BCUT2D eigenvalue weighted by Gasteiger charge is 2.41. The first-order valence-corrected chi connectivity index (χ1v) is 14.8. The van der Waals surface area contributed by atoms with Crippen molar-refractivity contribution in [1.82, 2.24) is 10.3 Å². The predicted octanol–water partition coefficient (Wildman–Crippen LogP) is 5.83. The highest BCUT2D eigenvalue weighted by molar-refractivity contribution is 6.38. The standard InChI is InChI=1S/C30H40Cl2N4O4/c1-39-26-12-11-19(17-27(26)40-2)29-21-9-5-6-10-22(21)30(38)36(35-29)14-8-4-3-7-13-34-18-25(37)20-15-23(31)28(33)24(32)16-20/h11-12,15-17,21-22,25,34,37H,3-10,13-14,18,33H2,1-2H3. The van der Waals surface area contributed by atoms with Crippen LogP contribution in [0.1, 0.15) is 68.6 Å². The molecule has 2 aliphatic rings. The summed E-state index contributed by atoms with van der Waals surface area (Å²) < 4.78 is 10.9. The molecule has 8 nitrogen and oxygen atoms in total. The molecule has 0 spiro atoms. The van der Waals surface area contributed by atoms with Gasteiger partial charge in [-0.05, 0) is 68.1 Å². The van der Waals surface area contributed by atoms with Gasteiger partial charge < -0.3 is 25.6 Å². The number of hydrogen-bond acceptors (Lipinski definition) is 7. The van der Waals surface area contributed by atoms with Crippen molar-refractivity contribution in [1.29, 1.82) is 0 Å². The Balaban J connectivity index is 1.26. The van der Waals surface area contributed by atoms with Crippen molar-refractivity contribution in [2.24, 2.45) is 16.9 Å². The van der Waals surface area contributed by atoms with Crippen molar-refractivity contribution in [2.45, 2.75) is 57.5 Å². The number of benzene rings is 2. The number of aliphatic hydroxyl groups is 1. The average molecular weight is 592 g/mol. The summed E-state index contributed by atoms with van der Waals surface area (Å²) in [5.41, 5.74) is 8.70. The minimum Gasteiger partial charge on any atom is -0.493 e. The number of amides is 1. The second kappa shape index (κ2) is 14.4. The van der Waals surface area contributed by atoms with Crippen LogP contribution in [0.5, 0.6) is 11.5 Å². The molecule has 4 N–H and O–H groups in total. The smallest absolute Gasteiger partial charge is 0.246 e. The molecule has 3 atom stereocenters. The van der Waals surface area contributed by atoms with Crippen LogP contribution in [0.25, 0.3) is 0 Å². The number of nitrogen functional groups attached to an aromatic ring is 1. The first-order chi connectivity index (χ1) is 19.3. The molecule has 10 heteroatoms. The van der Waals surface area contributed by atoms with E-state index in [0.29, 0.717) is 45.9 Å². The highest BCUT2D eigenvalue weighted by Crippen LogP contribution is 2.39. The van der Waals surface area contributed by atoms with Gasteiger partial charge >= 0.3 is 0 Å². The Morgan fingerprint density at radius 2 is 1.70 bits per heavy atom. The third-order valence-electron chi connectivity index (χ3n) is 7.89. The lowest BCUT2D eigenvalue weighted by Crippen LogP contribution is -2.46. The van der Waals surface area contributed by atoms with Crippen LogP contribution >= 0.6 is 23.2 Å². The van der Waals surface area contributed by atoms with E-state index in [4.69, 9.17) is 43.5 Å². The Morgan fingerprint density at radius 1 is 1.02 bits per heavy atom. The summed E-state index contributed by atoms with van der Waals surface area (Å²) in [7, 11) is 3.26. The molecule has 1 aliphatic carbocycles. The number of unbranched alkanes of at least 4 members (excludes halogenated alkanes) is 3. The number of hydrogen-bond donors (Lipinski definition) is 3. The Bertz CT molecular complexity index is 1190. The van der Waals surface area contributed by atoms with E-state index in [1.54, 1.807) is 31.4 Å². The fraction of sp³-hybridized carbons (Fsp3) is 0.533. The van der Waals surface area contributed by atoms with Crippen molar-refractivity contribution >= 4 is 40.5 Å². The summed E-state index contributed by atoms with van der Waals surface area (Å²) in [6.07, 6.45) is 7.24. The second-order valence-electron chi connectivity index (χ2n) is 10.5. The van der Waals surface area contributed by atoms with Crippen LogP contribution in [0.2, 0.25) is 10.0 Å². The van der Waals surface area contributed by atoms with Gasteiger partial charge in [-0.2, -0.15) is 5.10 Å². The van der Waals surface area contributed by atoms with Crippen LogP contribution in [0.3, 0.4) is 0 Å². The van der Waals surface area contributed by atoms with Gasteiger partial charge in [0.05, 0.1) is 41.8 Å². The number of halogens is 2. The number of methoxy groups -OCH3 is 2. The van der Waals surface area contributed by atoms with E-state index >= 15 is 0 Å². The van der Waals surface area contributed by atoms with Crippen molar-refractivity contribution in [3.05, 3.63) is 51.5 Å². The number of nitrogens with two attached hydrogens (primary N) is 1. The molecule has 2 aromatic carbocycles. The van der Waals surface area contributed by atoms with E-state index in [1.807, 2.05) is 18.2 Å². The molecule has 2 aromatic rings. The largest absolute Gasteiger partial charge is 0.493 e. The number of nitrogens with zero attached hydrogens (tertiary/aromatic N) is 2. The van der Waals surface area contributed by atoms with Gasteiger partial charge in [0.25, 0.3) is 0 Å². The van der Waals surface area contributed by atoms with Crippen LogP contribution < -0.4 is 20.5 Å². The van der Waals surface area contributed by atoms with E-state index in [9.17, 15) is 9.90 Å². The molecule has 0 aromatic heterocycles. The van der Waals surface area contributed by atoms with Crippen LogP contribution in [-0.2, 0) is 4.79 Å². The molecule has 1 saturated carbocycles. The Morgan fingerprint density at radius 3 is 2.40 bits per heavy atom. The zero-order valence-electron chi connectivity index (χ0n) is 23.3. The summed E-state index contributed by atoms with van der Waals surface area (Å²) in [4.78, 5) is 13.3. The summed E-state index contributed by atoms with van der Waals surface area (Å²) in [6.45, 7) is 1.79. The topological polar surface area (TPSA) is 109 Å². The maximum Gasteiger partial charge on any atom is 0.246 e. The molecule has 4 rings (SSSR count). The molecule has 40 heavy (non-hydrogen) atoms. The minimum atomic E-state index is -0.720. The number of fused-ring (bicyclic) bond motifs is 1. The summed E-state index contributed by atoms with van der Waals surface area (Å²) in [6, 6.07) is 9.18. The number of anilines is 1. The number of aliphatic hydroxyl groups excluding tert-OH is 1. The lowest BCUT2D eigenvalue weighted by atomic mass is 9.73. The molecule has 3 unspecified atom stereocenters. The van der Waals surface area contributed by atoms with Gasteiger partial charge in [0.1, 0.15) is 0 Å². The third-order valence-corrected chi connectivity index (χ3v) is 8.52. The van der Waals surface area contributed by atoms with Crippen LogP contribution in [0, 0.1) is 11.8 Å². The van der Waals surface area contributed by atoms with Gasteiger partial charge in [0.2, 0.25) is 5.91 Å². The van der Waals surface area contributed by atoms with E-state index in [0.717, 1.165) is 69.2 Å². The SMILES string of the molecule is COc1ccc(C2=NN(CCCCCCNCC(O)c3cc(Cl)c(N)c(Cl)c3)C(=O)C3CCCCC23)cc1OC. The van der Waals surface area contributed by atoms with Crippen molar-refractivity contribution in [3.63, 3.8) is 0 Å². The highest BCUT2D eigenvalue weighted by atomic mass is 35.5. The number of hydrazone groups is 1. The van der Waals surface area contributed by atoms with Crippen molar-refractivity contribution < 1.29 is 19.4 Å². The molecule has 0 radical (unpaired) electrons. The fourth-order valence-electron chi connectivity index (χ4n) is 5.64. The molecule has 0 bridgehead atoms. The number of carbonyl (C=O) groups is 1. The molecule has 1 fully saturated rings. The summed E-state index contributed by atoms with van der Waals surface area (Å²) >= 11 is 12.1. The second-order valence-corrected chi connectivity index (χ2v) is 11.4. The molecule has 1 amide bonds. The van der Waals surface area contributed by atoms with Gasteiger partial charge in [-0.15, -0.1) is 0 Å². The van der Waals surface area contributed by atoms with Gasteiger partial charge in [-0.3, -0.25) is 4.79 Å². The summed E-state index contributed by atoms with van der Waals surface area (Å²) in [5, 5.41) is 21.0. The lowest BCUT2D eigenvalue weighted by Gasteiger charge is -2.38. The molecule has 218 valence electrons. The maximum absolute atomic E-state index is 13.3. The first-order valence-electron chi connectivity index (χ1n) is 14.1. The van der Waals surface area contributed by atoms with Gasteiger partial charge in [-0.1, -0.05) is 48.9 Å². The number of rotatable bonds is 13. The van der Waals surface area contributed by atoms with Crippen LogP contribution in [-0.4, -0.2) is 55.6 Å². The predicted molar refractivity (Wildman–Crippen MR) is 160 cm³/mol. The normalized spacial score (nSPS) is 19.7. The van der Waals surface area contributed by atoms with Crippen LogP contribution in [0.4, 0.5) is 5.69 Å².